The Morgan fingerprint density at radius 2 is 1.67 bits per heavy atom. The number of nitrogens with one attached hydrogen (secondary N) is 2. The molecule has 1 atom stereocenters. The van der Waals surface area contributed by atoms with Crippen molar-refractivity contribution in [2.24, 2.45) is 0 Å². The van der Waals surface area contributed by atoms with Crippen LogP contribution in [0, 0.1) is 0 Å². The van der Waals surface area contributed by atoms with Gasteiger partial charge in [-0.2, -0.15) is 0 Å². The van der Waals surface area contributed by atoms with Gasteiger partial charge in [-0.05, 0) is 31.9 Å². The van der Waals surface area contributed by atoms with Crippen molar-refractivity contribution >= 4 is 12.1 Å². The van der Waals surface area contributed by atoms with Crippen LogP contribution < -0.4 is 10.6 Å². The maximum absolute atomic E-state index is 11.8. The number of aliphatic carboxylic acids is 1. The number of amides is 1. The Labute approximate surface area is 143 Å². The van der Waals surface area contributed by atoms with Gasteiger partial charge in [-0.15, -0.1) is 0 Å². The van der Waals surface area contributed by atoms with Gasteiger partial charge in [0.05, 0.1) is 0 Å². The molecule has 0 aliphatic rings. The molecule has 134 valence electrons. The maximum atomic E-state index is 11.8. The highest BCUT2D eigenvalue weighted by Gasteiger charge is 2.24. The van der Waals surface area contributed by atoms with Crippen molar-refractivity contribution in [1.82, 2.24) is 10.6 Å². The van der Waals surface area contributed by atoms with Crippen LogP contribution >= 0.6 is 0 Å². The molecule has 1 rings (SSSR count). The Balaban J connectivity index is 2.65. The second-order valence-corrected chi connectivity index (χ2v) is 7.09. The fourth-order valence-corrected chi connectivity index (χ4v) is 2.00. The molecule has 0 spiro atoms. The monoisotopic (exact) mass is 336 g/mol. The van der Waals surface area contributed by atoms with Gasteiger partial charge < -0.3 is 20.5 Å². The Bertz CT molecular complexity index is 547. The van der Waals surface area contributed by atoms with Crippen LogP contribution in [0.5, 0.6) is 0 Å². The Morgan fingerprint density at radius 3 is 2.12 bits per heavy atom. The summed E-state index contributed by atoms with van der Waals surface area (Å²) in [6.45, 7) is 10.1. The number of carboxylic acids is 1. The lowest BCUT2D eigenvalue weighted by atomic mass is 10.0. The minimum Gasteiger partial charge on any atom is -0.480 e. The zero-order chi connectivity index (χ0) is 18.3. The predicted octanol–water partition coefficient (Wildman–Crippen LogP) is 2.71. The summed E-state index contributed by atoms with van der Waals surface area (Å²) in [5.41, 5.74) is 1.30. The SMILES string of the molecule is CC(C)NCc1ccc(C[C@H](NC(=O)OC(C)(C)C)C(=O)O)cc1. The van der Waals surface area contributed by atoms with Crippen LogP contribution in [0.2, 0.25) is 0 Å². The number of ether oxygens (including phenoxy) is 1. The van der Waals surface area contributed by atoms with Crippen LogP contribution in [0.15, 0.2) is 24.3 Å². The molecule has 0 heterocycles. The van der Waals surface area contributed by atoms with Crippen molar-refractivity contribution < 1.29 is 19.4 Å². The first-order valence-corrected chi connectivity index (χ1v) is 8.10. The molecule has 6 heteroatoms. The fraction of sp³-hybridized carbons (Fsp3) is 0.556. The first kappa shape index (κ1) is 20.0. The molecule has 0 radical (unpaired) electrons. The molecule has 0 saturated heterocycles. The number of carbonyl (C=O) groups excluding carboxylic acids is 1. The van der Waals surface area contributed by atoms with Gasteiger partial charge >= 0.3 is 12.1 Å². The summed E-state index contributed by atoms with van der Waals surface area (Å²) in [5.74, 6) is -1.09. The van der Waals surface area contributed by atoms with E-state index in [4.69, 9.17) is 4.74 Å². The maximum Gasteiger partial charge on any atom is 0.408 e. The highest BCUT2D eigenvalue weighted by molar-refractivity contribution is 5.80. The quantitative estimate of drug-likeness (QED) is 0.712. The first-order valence-electron chi connectivity index (χ1n) is 8.10. The number of rotatable bonds is 7. The number of benzene rings is 1. The average Bonchev–Trinajstić information content (AvgIpc) is 2.43. The molecule has 0 unspecified atom stereocenters. The van der Waals surface area contributed by atoms with E-state index in [9.17, 15) is 14.7 Å². The van der Waals surface area contributed by atoms with Gasteiger partial charge in [0.1, 0.15) is 11.6 Å². The average molecular weight is 336 g/mol. The van der Waals surface area contributed by atoms with E-state index in [-0.39, 0.29) is 6.42 Å². The van der Waals surface area contributed by atoms with Crippen LogP contribution in [0.1, 0.15) is 45.7 Å². The van der Waals surface area contributed by atoms with E-state index in [2.05, 4.69) is 24.5 Å². The standard InChI is InChI=1S/C18H28N2O4/c1-12(2)19-11-14-8-6-13(7-9-14)10-15(16(21)22)20-17(23)24-18(3,4)5/h6-9,12,15,19H,10-11H2,1-5H3,(H,20,23)(H,21,22)/t15-/m0/s1. The largest absolute Gasteiger partial charge is 0.480 e. The molecule has 1 aromatic carbocycles. The number of alkyl carbamates (subject to hydrolysis) is 1. The van der Waals surface area contributed by atoms with E-state index in [0.29, 0.717) is 6.04 Å². The first-order chi connectivity index (χ1) is 11.1. The van der Waals surface area contributed by atoms with Crippen LogP contribution in [0.25, 0.3) is 0 Å². The number of hydrogen-bond acceptors (Lipinski definition) is 4. The summed E-state index contributed by atoms with van der Waals surface area (Å²) in [6, 6.07) is 7.04. The normalized spacial score (nSPS) is 12.8. The lowest BCUT2D eigenvalue weighted by Gasteiger charge is -2.22. The van der Waals surface area contributed by atoms with E-state index in [1.54, 1.807) is 20.8 Å². The summed E-state index contributed by atoms with van der Waals surface area (Å²) in [7, 11) is 0. The van der Waals surface area contributed by atoms with Crippen LogP contribution in [0.3, 0.4) is 0 Å². The zero-order valence-electron chi connectivity index (χ0n) is 15.1. The summed E-state index contributed by atoms with van der Waals surface area (Å²) < 4.78 is 5.11. The van der Waals surface area contributed by atoms with Crippen LogP contribution in [-0.2, 0) is 22.5 Å². The van der Waals surface area contributed by atoms with Gasteiger partial charge in [-0.25, -0.2) is 9.59 Å². The Kier molecular flexibility index (Phi) is 7.22. The molecular formula is C18H28N2O4. The molecule has 6 nitrogen and oxygen atoms in total. The topological polar surface area (TPSA) is 87.7 Å². The molecule has 1 amide bonds. The molecule has 0 bridgehead atoms. The van der Waals surface area contributed by atoms with E-state index >= 15 is 0 Å². The molecule has 1 aromatic rings. The minimum absolute atomic E-state index is 0.201. The number of carboxylic acid groups (broad SMARTS) is 1. The van der Waals surface area contributed by atoms with Crippen molar-refractivity contribution in [2.75, 3.05) is 0 Å². The van der Waals surface area contributed by atoms with Gasteiger partial charge in [-0.1, -0.05) is 38.1 Å². The second kappa shape index (κ2) is 8.68. The highest BCUT2D eigenvalue weighted by Crippen LogP contribution is 2.10. The predicted molar refractivity (Wildman–Crippen MR) is 92.9 cm³/mol. The summed E-state index contributed by atoms with van der Waals surface area (Å²) in [5, 5.41) is 15.0. The molecule has 24 heavy (non-hydrogen) atoms. The molecule has 3 N–H and O–H groups in total. The van der Waals surface area contributed by atoms with Crippen molar-refractivity contribution in [3.05, 3.63) is 35.4 Å². The van der Waals surface area contributed by atoms with E-state index in [0.717, 1.165) is 17.7 Å². The van der Waals surface area contributed by atoms with Gasteiger partial charge in [-0.3, -0.25) is 0 Å². The lowest BCUT2D eigenvalue weighted by Crippen LogP contribution is -2.44. The second-order valence-electron chi connectivity index (χ2n) is 7.09. The zero-order valence-corrected chi connectivity index (χ0v) is 15.1. The summed E-state index contributed by atoms with van der Waals surface area (Å²) >= 11 is 0. The molecule has 0 fully saturated rings. The molecule has 0 saturated carbocycles. The van der Waals surface area contributed by atoms with Crippen LogP contribution in [-0.4, -0.2) is 34.9 Å². The Hall–Kier alpha value is -2.08. The highest BCUT2D eigenvalue weighted by atomic mass is 16.6. The molecule has 0 aromatic heterocycles. The molecule has 0 aliphatic heterocycles. The van der Waals surface area contributed by atoms with Crippen molar-refractivity contribution in [1.29, 1.82) is 0 Å². The third-order valence-electron chi connectivity index (χ3n) is 3.17. The van der Waals surface area contributed by atoms with E-state index in [1.807, 2.05) is 24.3 Å². The minimum atomic E-state index is -1.09. The third kappa shape index (κ3) is 7.97. The fourth-order valence-electron chi connectivity index (χ4n) is 2.00. The number of hydrogen-bond donors (Lipinski definition) is 3. The number of carbonyl (C=O) groups is 2. The van der Waals surface area contributed by atoms with Crippen molar-refractivity contribution in [3.63, 3.8) is 0 Å². The van der Waals surface area contributed by atoms with Crippen molar-refractivity contribution in [2.45, 2.75) is 65.3 Å². The van der Waals surface area contributed by atoms with Gasteiger partial charge in [0.2, 0.25) is 0 Å². The van der Waals surface area contributed by atoms with Gasteiger partial charge in [0.15, 0.2) is 0 Å². The molecular weight excluding hydrogens is 308 g/mol. The van der Waals surface area contributed by atoms with Gasteiger partial charge in [0.25, 0.3) is 0 Å². The van der Waals surface area contributed by atoms with E-state index in [1.165, 1.54) is 0 Å². The summed E-state index contributed by atoms with van der Waals surface area (Å²) in [6.07, 6.45) is -0.528. The molecule has 0 aliphatic carbocycles. The lowest BCUT2D eigenvalue weighted by molar-refractivity contribution is -0.139. The van der Waals surface area contributed by atoms with E-state index < -0.39 is 23.7 Å². The smallest absolute Gasteiger partial charge is 0.408 e. The Morgan fingerprint density at radius 1 is 1.12 bits per heavy atom. The summed E-state index contributed by atoms with van der Waals surface area (Å²) in [4.78, 5) is 23.1. The van der Waals surface area contributed by atoms with Gasteiger partial charge in [0, 0.05) is 19.0 Å². The van der Waals surface area contributed by atoms with Crippen LogP contribution in [0.4, 0.5) is 4.79 Å². The third-order valence-corrected chi connectivity index (χ3v) is 3.17. The van der Waals surface area contributed by atoms with Crippen molar-refractivity contribution in [3.8, 4) is 0 Å².